The SMILES string of the molecule is CC[C@H]1OC(=O)[C@H](C)[C@@H](O[C@H]2C[C@@](C)(OC)[C@@H](O[Si](C)(C)C)[C@H](C)O2)[C@H](C)[C@@H](O[C@@H]2O[C@H](C)C[C@H](N(C)C)[C@H]2O[Si](C)(C)C)[C@](C)(O)C[C@@H](C)C(O)[C@H](C)[C@@H](O)[C@]1(C)O. The van der Waals surface area contributed by atoms with Gasteiger partial charge in [0.2, 0.25) is 0 Å². The number of esters is 1. The molecule has 14 nitrogen and oxygen atoms in total. The van der Waals surface area contributed by atoms with Gasteiger partial charge in [0.05, 0.1) is 59.8 Å². The normalized spacial score (nSPS) is 46.5. The van der Waals surface area contributed by atoms with Crippen molar-refractivity contribution in [1.29, 1.82) is 0 Å². The van der Waals surface area contributed by atoms with E-state index in [-0.39, 0.29) is 37.5 Å². The third-order valence-electron chi connectivity index (χ3n) is 13.0. The number of hydrogen-bond donors (Lipinski definition) is 4. The van der Waals surface area contributed by atoms with Gasteiger partial charge in [-0.05, 0) is 120 Å². The number of likely N-dealkylation sites (N-methyl/N-ethyl adjacent to an activating group) is 1. The lowest BCUT2D eigenvalue weighted by molar-refractivity contribution is -0.316. The maximum absolute atomic E-state index is 14.5. The van der Waals surface area contributed by atoms with E-state index in [1.165, 1.54) is 6.92 Å². The van der Waals surface area contributed by atoms with Gasteiger partial charge in [-0.1, -0.05) is 27.7 Å². The first-order chi connectivity index (χ1) is 26.8. The molecular formula is C43H85NO13Si2. The highest BCUT2D eigenvalue weighted by Gasteiger charge is 2.54. The third-order valence-corrected chi connectivity index (χ3v) is 14.9. The fourth-order valence-electron chi connectivity index (χ4n) is 9.70. The molecule has 0 aromatic heterocycles. The molecule has 0 saturated carbocycles. The van der Waals surface area contributed by atoms with E-state index in [9.17, 15) is 25.2 Å². The zero-order valence-corrected chi connectivity index (χ0v) is 42.0. The summed E-state index contributed by atoms with van der Waals surface area (Å²) in [4.78, 5) is 16.6. The van der Waals surface area contributed by atoms with Crippen LogP contribution in [0.25, 0.3) is 0 Å². The topological polar surface area (TPSA) is 175 Å². The van der Waals surface area contributed by atoms with Crippen molar-refractivity contribution in [2.24, 2.45) is 23.7 Å². The van der Waals surface area contributed by atoms with Gasteiger partial charge < -0.3 is 62.6 Å². The molecule has 0 amide bonds. The van der Waals surface area contributed by atoms with Crippen LogP contribution >= 0.6 is 0 Å². The number of ether oxygens (including phenoxy) is 6. The fraction of sp³-hybridized carbons (Fsp3) is 0.977. The highest BCUT2D eigenvalue weighted by atomic mass is 28.4. The van der Waals surface area contributed by atoms with Crippen molar-refractivity contribution in [1.82, 2.24) is 4.90 Å². The van der Waals surface area contributed by atoms with Crippen LogP contribution in [-0.4, -0.2) is 159 Å². The molecule has 3 fully saturated rings. The molecule has 0 radical (unpaired) electrons. The second-order valence-electron chi connectivity index (χ2n) is 21.1. The van der Waals surface area contributed by atoms with E-state index in [0.717, 1.165) is 0 Å². The highest BCUT2D eigenvalue weighted by Crippen LogP contribution is 2.42. The number of aliphatic hydroxyl groups is 4. The smallest absolute Gasteiger partial charge is 0.311 e. The minimum atomic E-state index is -2.18. The molecule has 0 spiro atoms. The molecule has 3 heterocycles. The van der Waals surface area contributed by atoms with Crippen molar-refractivity contribution in [3.8, 4) is 0 Å². The van der Waals surface area contributed by atoms with Gasteiger partial charge in [0, 0.05) is 31.4 Å². The van der Waals surface area contributed by atoms with E-state index in [2.05, 4.69) is 44.2 Å². The summed E-state index contributed by atoms with van der Waals surface area (Å²) in [5.41, 5.74) is -4.40. The van der Waals surface area contributed by atoms with Crippen molar-refractivity contribution < 1.29 is 62.5 Å². The highest BCUT2D eigenvalue weighted by molar-refractivity contribution is 6.70. The molecule has 1 unspecified atom stereocenters. The van der Waals surface area contributed by atoms with Gasteiger partial charge >= 0.3 is 5.97 Å². The molecule has 0 aromatic carbocycles. The first-order valence-electron chi connectivity index (χ1n) is 22.0. The maximum atomic E-state index is 14.5. The molecule has 3 rings (SSSR count). The van der Waals surface area contributed by atoms with Crippen LogP contribution < -0.4 is 0 Å². The average molecular weight is 880 g/mol. The van der Waals surface area contributed by atoms with Crippen LogP contribution in [0.15, 0.2) is 0 Å². The second kappa shape index (κ2) is 20.1. The summed E-state index contributed by atoms with van der Waals surface area (Å²) in [5.74, 6) is -3.85. The monoisotopic (exact) mass is 880 g/mol. The molecule has 0 aliphatic carbocycles. The number of nitrogens with zero attached hydrogens (tertiary/aromatic N) is 1. The van der Waals surface area contributed by atoms with Crippen LogP contribution in [0.1, 0.15) is 94.9 Å². The Labute approximate surface area is 358 Å². The Kier molecular flexibility index (Phi) is 18.0. The molecule has 16 heteroatoms. The summed E-state index contributed by atoms with van der Waals surface area (Å²) >= 11 is 0. The number of methoxy groups -OCH3 is 1. The van der Waals surface area contributed by atoms with Crippen LogP contribution in [0.2, 0.25) is 39.3 Å². The predicted octanol–water partition coefficient (Wildman–Crippen LogP) is 5.30. The Balaban J connectivity index is 2.25. The van der Waals surface area contributed by atoms with Crippen molar-refractivity contribution in [2.45, 2.75) is 225 Å². The van der Waals surface area contributed by atoms with Crippen LogP contribution in [0.4, 0.5) is 0 Å². The average Bonchev–Trinajstić information content (AvgIpc) is 3.10. The Hall–Kier alpha value is -0.576. The molecule has 0 bridgehead atoms. The van der Waals surface area contributed by atoms with Gasteiger partial charge in [-0.15, -0.1) is 0 Å². The summed E-state index contributed by atoms with van der Waals surface area (Å²) in [6.07, 6.45) is -7.94. The van der Waals surface area contributed by atoms with Gasteiger partial charge in [0.1, 0.15) is 17.8 Å². The zero-order valence-electron chi connectivity index (χ0n) is 40.0. The molecule has 0 aromatic rings. The maximum Gasteiger partial charge on any atom is 0.311 e. The minimum absolute atomic E-state index is 0.0263. The standard InChI is InChI=1S/C43H85NO13Si2/c1-20-31-43(10,49)36(46)26(4)33(45)24(2)22-41(8,48)37(55-40-35(56-58(14,15)16)30(44(11)12)21-25(3)51-40)27(5)34(28(6)39(47)53-31)54-32-23-42(9,50-13)38(29(7)52-32)57-59(17,18)19/h24-38,40,45-46,48-49H,20-23H2,1-19H3/t24-,25-,26+,27+,28-,29+,30+,31-,32+,33?,34+,35-,36-,37-,38+,40+,41-,42-,43-/m1/s1. The van der Waals surface area contributed by atoms with Crippen LogP contribution in [-0.2, 0) is 42.1 Å². The van der Waals surface area contributed by atoms with E-state index in [1.807, 2.05) is 41.8 Å². The van der Waals surface area contributed by atoms with Crippen molar-refractivity contribution in [3.05, 3.63) is 0 Å². The van der Waals surface area contributed by atoms with Crippen LogP contribution in [0.3, 0.4) is 0 Å². The summed E-state index contributed by atoms with van der Waals surface area (Å²) < 4.78 is 52.9. The zero-order chi connectivity index (χ0) is 45.4. The van der Waals surface area contributed by atoms with E-state index < -0.39 is 118 Å². The molecule has 59 heavy (non-hydrogen) atoms. The third kappa shape index (κ3) is 13.0. The number of rotatable bonds is 11. The molecule has 3 aliphatic rings. The molecule has 4 N–H and O–H groups in total. The summed E-state index contributed by atoms with van der Waals surface area (Å²) in [6, 6.07) is -0.0628. The molecule has 348 valence electrons. The van der Waals surface area contributed by atoms with E-state index in [0.29, 0.717) is 6.42 Å². The lowest BCUT2D eigenvalue weighted by Gasteiger charge is -2.51. The Morgan fingerprint density at radius 3 is 1.90 bits per heavy atom. The molecule has 3 saturated heterocycles. The Morgan fingerprint density at radius 2 is 1.39 bits per heavy atom. The van der Waals surface area contributed by atoms with Gasteiger partial charge in [-0.3, -0.25) is 4.79 Å². The van der Waals surface area contributed by atoms with Gasteiger partial charge in [-0.25, -0.2) is 0 Å². The van der Waals surface area contributed by atoms with Crippen LogP contribution in [0, 0.1) is 23.7 Å². The van der Waals surface area contributed by atoms with E-state index in [1.54, 1.807) is 41.7 Å². The predicted molar refractivity (Wildman–Crippen MR) is 232 cm³/mol. The summed E-state index contributed by atoms with van der Waals surface area (Å²) in [5, 5.41) is 48.0. The number of aliphatic hydroxyl groups excluding tert-OH is 2. The van der Waals surface area contributed by atoms with E-state index >= 15 is 0 Å². The van der Waals surface area contributed by atoms with Gasteiger partial charge in [0.25, 0.3) is 0 Å². The number of carbonyl (C=O) groups is 1. The van der Waals surface area contributed by atoms with Crippen LogP contribution in [0.5, 0.6) is 0 Å². The summed E-state index contributed by atoms with van der Waals surface area (Å²) in [6.45, 7) is 30.5. The first-order valence-corrected chi connectivity index (χ1v) is 28.8. The van der Waals surface area contributed by atoms with E-state index in [4.69, 9.17) is 37.3 Å². The van der Waals surface area contributed by atoms with Gasteiger partial charge in [-0.2, -0.15) is 0 Å². The van der Waals surface area contributed by atoms with Gasteiger partial charge in [0.15, 0.2) is 29.2 Å². The van der Waals surface area contributed by atoms with Crippen molar-refractivity contribution in [2.75, 3.05) is 21.2 Å². The minimum Gasteiger partial charge on any atom is -0.459 e. The lowest BCUT2D eigenvalue weighted by Crippen LogP contribution is -2.63. The van der Waals surface area contributed by atoms with Crippen molar-refractivity contribution >= 4 is 22.6 Å². The number of cyclic esters (lactones) is 1. The lowest BCUT2D eigenvalue weighted by atomic mass is 9.73. The Bertz CT molecular complexity index is 1340. The summed E-state index contributed by atoms with van der Waals surface area (Å²) in [7, 11) is 1.44. The quantitative estimate of drug-likeness (QED) is 0.156. The molecule has 19 atom stereocenters. The number of carbonyl (C=O) groups excluding carboxylic acids is 1. The fourth-order valence-corrected chi connectivity index (χ4v) is 12.0. The second-order valence-corrected chi connectivity index (χ2v) is 30.0. The molecular weight excluding hydrogens is 795 g/mol. The Morgan fingerprint density at radius 1 is 0.814 bits per heavy atom. The largest absolute Gasteiger partial charge is 0.459 e. The first kappa shape index (κ1) is 52.8. The molecule has 3 aliphatic heterocycles. The van der Waals surface area contributed by atoms with Crippen molar-refractivity contribution in [3.63, 3.8) is 0 Å². The number of hydrogen-bond acceptors (Lipinski definition) is 14.